The van der Waals surface area contributed by atoms with E-state index in [1.165, 1.54) is 19.4 Å². The Bertz CT molecular complexity index is 151. The minimum absolute atomic E-state index is 0.0258. The summed E-state index contributed by atoms with van der Waals surface area (Å²) in [6, 6.07) is 0. The second-order valence-electron chi connectivity index (χ2n) is 5.02. The Morgan fingerprint density at radius 1 is 1.13 bits per heavy atom. The van der Waals surface area contributed by atoms with Crippen molar-refractivity contribution < 1.29 is 0 Å². The van der Waals surface area contributed by atoms with Crippen LogP contribution >= 0.6 is 0 Å². The molecule has 0 aromatic carbocycles. The van der Waals surface area contributed by atoms with Crippen LogP contribution in [0, 0.1) is 5.92 Å². The molecule has 0 aromatic heterocycles. The molecule has 0 bridgehead atoms. The van der Waals surface area contributed by atoms with Crippen LogP contribution in [0.5, 0.6) is 0 Å². The predicted molar refractivity (Wildman–Crippen MR) is 69.1 cm³/mol. The van der Waals surface area contributed by atoms with Crippen LogP contribution in [-0.2, 0) is 0 Å². The zero-order valence-electron chi connectivity index (χ0n) is 11.3. The monoisotopic (exact) mass is 214 g/mol. The Labute approximate surface area is 96.2 Å². The van der Waals surface area contributed by atoms with Crippen LogP contribution in [0.3, 0.4) is 0 Å². The number of likely N-dealkylation sites (N-methyl/N-ethyl adjacent to an activating group) is 1. The van der Waals surface area contributed by atoms with E-state index in [4.69, 9.17) is 5.73 Å². The minimum atomic E-state index is -0.0258. The zero-order valence-corrected chi connectivity index (χ0v) is 11.3. The standard InChI is InChI=1S/C13H30N2/c1-6-12(7-2)10-15(9-4)11-13(5,14)8-3/h12H,6-11,14H2,1-5H3. The maximum atomic E-state index is 6.21. The maximum Gasteiger partial charge on any atom is 0.0252 e. The lowest BCUT2D eigenvalue weighted by molar-refractivity contribution is 0.188. The second-order valence-corrected chi connectivity index (χ2v) is 5.02. The summed E-state index contributed by atoms with van der Waals surface area (Å²) in [4.78, 5) is 2.50. The van der Waals surface area contributed by atoms with Gasteiger partial charge in [-0.15, -0.1) is 0 Å². The molecule has 0 fully saturated rings. The highest BCUT2D eigenvalue weighted by Gasteiger charge is 2.20. The van der Waals surface area contributed by atoms with Gasteiger partial charge in [-0.25, -0.2) is 0 Å². The highest BCUT2D eigenvalue weighted by molar-refractivity contribution is 4.81. The molecule has 0 spiro atoms. The third-order valence-electron chi connectivity index (χ3n) is 3.51. The van der Waals surface area contributed by atoms with E-state index >= 15 is 0 Å². The van der Waals surface area contributed by atoms with Crippen molar-refractivity contribution in [1.29, 1.82) is 0 Å². The van der Waals surface area contributed by atoms with Crippen LogP contribution in [0.15, 0.2) is 0 Å². The van der Waals surface area contributed by atoms with Gasteiger partial charge in [0, 0.05) is 18.6 Å². The molecule has 0 saturated heterocycles. The van der Waals surface area contributed by atoms with Gasteiger partial charge >= 0.3 is 0 Å². The van der Waals surface area contributed by atoms with Crippen molar-refractivity contribution in [3.63, 3.8) is 0 Å². The molecule has 0 aliphatic carbocycles. The molecule has 2 heteroatoms. The van der Waals surface area contributed by atoms with Crippen LogP contribution < -0.4 is 5.73 Å². The van der Waals surface area contributed by atoms with E-state index in [0.717, 1.165) is 25.4 Å². The molecule has 0 heterocycles. The first-order chi connectivity index (χ1) is 6.99. The molecule has 0 radical (unpaired) electrons. The Kier molecular flexibility index (Phi) is 7.20. The summed E-state index contributed by atoms with van der Waals surface area (Å²) in [7, 11) is 0. The van der Waals surface area contributed by atoms with E-state index in [1.807, 2.05) is 0 Å². The van der Waals surface area contributed by atoms with E-state index in [0.29, 0.717) is 0 Å². The van der Waals surface area contributed by atoms with Gasteiger partial charge in [-0.2, -0.15) is 0 Å². The van der Waals surface area contributed by atoms with Gasteiger partial charge in [-0.3, -0.25) is 0 Å². The van der Waals surface area contributed by atoms with Crippen molar-refractivity contribution in [3.8, 4) is 0 Å². The largest absolute Gasteiger partial charge is 0.324 e. The molecule has 0 amide bonds. The first-order valence-electron chi connectivity index (χ1n) is 6.50. The Balaban J connectivity index is 4.13. The van der Waals surface area contributed by atoms with Crippen molar-refractivity contribution in [2.24, 2.45) is 11.7 Å². The fourth-order valence-electron chi connectivity index (χ4n) is 1.84. The van der Waals surface area contributed by atoms with Crippen molar-refractivity contribution in [1.82, 2.24) is 4.90 Å². The van der Waals surface area contributed by atoms with Gasteiger partial charge in [0.15, 0.2) is 0 Å². The van der Waals surface area contributed by atoms with E-state index in [1.54, 1.807) is 0 Å². The topological polar surface area (TPSA) is 29.3 Å². The molecular formula is C13H30N2. The molecule has 15 heavy (non-hydrogen) atoms. The summed E-state index contributed by atoms with van der Waals surface area (Å²) in [6.45, 7) is 14.5. The Morgan fingerprint density at radius 2 is 1.67 bits per heavy atom. The van der Waals surface area contributed by atoms with Gasteiger partial charge in [0.2, 0.25) is 0 Å². The molecule has 0 saturated carbocycles. The maximum absolute atomic E-state index is 6.21. The fraction of sp³-hybridized carbons (Fsp3) is 1.00. The van der Waals surface area contributed by atoms with E-state index < -0.39 is 0 Å². The minimum Gasteiger partial charge on any atom is -0.324 e. The highest BCUT2D eigenvalue weighted by Crippen LogP contribution is 2.13. The van der Waals surface area contributed by atoms with E-state index in [9.17, 15) is 0 Å². The van der Waals surface area contributed by atoms with Crippen molar-refractivity contribution >= 4 is 0 Å². The molecular weight excluding hydrogens is 184 g/mol. The molecule has 0 aliphatic heterocycles. The van der Waals surface area contributed by atoms with Gasteiger partial charge in [-0.05, 0) is 25.8 Å². The summed E-state index contributed by atoms with van der Waals surface area (Å²) in [5, 5.41) is 0. The quantitative estimate of drug-likeness (QED) is 0.673. The lowest BCUT2D eigenvalue weighted by Gasteiger charge is -2.33. The Hall–Kier alpha value is -0.0800. The van der Waals surface area contributed by atoms with Crippen LogP contribution in [0.1, 0.15) is 53.9 Å². The summed E-state index contributed by atoms with van der Waals surface area (Å²) < 4.78 is 0. The van der Waals surface area contributed by atoms with E-state index in [-0.39, 0.29) is 5.54 Å². The summed E-state index contributed by atoms with van der Waals surface area (Å²) in [5.41, 5.74) is 6.18. The summed E-state index contributed by atoms with van der Waals surface area (Å²) in [6.07, 6.45) is 3.60. The average molecular weight is 214 g/mol. The predicted octanol–water partition coefficient (Wildman–Crippen LogP) is 2.87. The van der Waals surface area contributed by atoms with E-state index in [2.05, 4.69) is 39.5 Å². The number of nitrogens with two attached hydrogens (primary N) is 1. The third kappa shape index (κ3) is 6.16. The normalized spacial score (nSPS) is 16.0. The van der Waals surface area contributed by atoms with Crippen molar-refractivity contribution in [2.45, 2.75) is 59.4 Å². The van der Waals surface area contributed by atoms with Crippen LogP contribution in [0.4, 0.5) is 0 Å². The molecule has 92 valence electrons. The molecule has 2 N–H and O–H groups in total. The third-order valence-corrected chi connectivity index (χ3v) is 3.51. The van der Waals surface area contributed by atoms with Gasteiger partial charge in [0.25, 0.3) is 0 Å². The average Bonchev–Trinajstić information content (AvgIpc) is 2.24. The first-order valence-corrected chi connectivity index (χ1v) is 6.50. The van der Waals surface area contributed by atoms with Crippen LogP contribution in [0.25, 0.3) is 0 Å². The molecule has 1 unspecified atom stereocenters. The number of rotatable bonds is 8. The summed E-state index contributed by atoms with van der Waals surface area (Å²) >= 11 is 0. The summed E-state index contributed by atoms with van der Waals surface area (Å²) in [5.74, 6) is 0.831. The zero-order chi connectivity index (χ0) is 11.9. The smallest absolute Gasteiger partial charge is 0.0252 e. The van der Waals surface area contributed by atoms with Crippen molar-refractivity contribution in [2.75, 3.05) is 19.6 Å². The highest BCUT2D eigenvalue weighted by atomic mass is 15.1. The molecule has 0 aliphatic rings. The first kappa shape index (κ1) is 14.9. The number of hydrogen-bond acceptors (Lipinski definition) is 2. The van der Waals surface area contributed by atoms with Gasteiger partial charge in [0.05, 0.1) is 0 Å². The lowest BCUT2D eigenvalue weighted by Crippen LogP contribution is -2.48. The van der Waals surface area contributed by atoms with Gasteiger partial charge < -0.3 is 10.6 Å². The molecule has 2 nitrogen and oxygen atoms in total. The van der Waals surface area contributed by atoms with Crippen LogP contribution in [-0.4, -0.2) is 30.1 Å². The fourth-order valence-corrected chi connectivity index (χ4v) is 1.84. The van der Waals surface area contributed by atoms with Crippen molar-refractivity contribution in [3.05, 3.63) is 0 Å². The van der Waals surface area contributed by atoms with Gasteiger partial charge in [0.1, 0.15) is 0 Å². The SMILES string of the molecule is CCC(CC)CN(CC)CC(C)(N)CC. The second kappa shape index (κ2) is 7.24. The Morgan fingerprint density at radius 3 is 2.00 bits per heavy atom. The molecule has 1 atom stereocenters. The number of nitrogens with zero attached hydrogens (tertiary/aromatic N) is 1. The van der Waals surface area contributed by atoms with Crippen LogP contribution in [0.2, 0.25) is 0 Å². The molecule has 0 rings (SSSR count). The molecule has 0 aromatic rings. The van der Waals surface area contributed by atoms with Gasteiger partial charge in [-0.1, -0.05) is 40.5 Å². The lowest BCUT2D eigenvalue weighted by atomic mass is 9.97. The number of hydrogen-bond donors (Lipinski definition) is 1.